The van der Waals surface area contributed by atoms with Crippen molar-refractivity contribution in [2.45, 2.75) is 44.1 Å². The zero-order valence-electron chi connectivity index (χ0n) is 14.2. The molecule has 3 rings (SSSR count). The lowest BCUT2D eigenvalue weighted by molar-refractivity contribution is -0.135. The molecular formula is C19H27ClN2O. The Kier molecular flexibility index (Phi) is 5.27. The first kappa shape index (κ1) is 16.8. The Hall–Kier alpha value is -1.06. The Morgan fingerprint density at radius 3 is 2.52 bits per heavy atom. The summed E-state index contributed by atoms with van der Waals surface area (Å²) < 4.78 is 0. The minimum atomic E-state index is 0.137. The van der Waals surface area contributed by atoms with Crippen molar-refractivity contribution in [2.75, 3.05) is 27.2 Å². The van der Waals surface area contributed by atoms with Crippen molar-refractivity contribution >= 4 is 17.5 Å². The van der Waals surface area contributed by atoms with E-state index in [-0.39, 0.29) is 5.92 Å². The Labute approximate surface area is 144 Å². The third kappa shape index (κ3) is 3.89. The smallest absolute Gasteiger partial charge is 0.226 e. The van der Waals surface area contributed by atoms with Crippen molar-refractivity contribution in [2.24, 2.45) is 5.92 Å². The molecule has 2 aliphatic rings. The van der Waals surface area contributed by atoms with E-state index in [2.05, 4.69) is 30.0 Å². The summed E-state index contributed by atoms with van der Waals surface area (Å²) in [5.74, 6) is 0.806. The molecule has 2 aliphatic carbocycles. The van der Waals surface area contributed by atoms with Crippen LogP contribution in [0.4, 0.5) is 0 Å². The van der Waals surface area contributed by atoms with E-state index in [0.717, 1.165) is 30.1 Å². The molecule has 1 aromatic carbocycles. The standard InChI is InChI=1S/C19H27ClN2O/c1-21(2)11-12-22(14-7-3-4-8-14)19(23)17-13-16(17)15-9-5-6-10-18(15)20/h5-6,9-10,14,16-17H,3-4,7-8,11-13H2,1-2H3. The van der Waals surface area contributed by atoms with Gasteiger partial charge in [-0.2, -0.15) is 0 Å². The molecule has 4 heteroatoms. The van der Waals surface area contributed by atoms with Crippen LogP contribution in [-0.2, 0) is 4.79 Å². The molecule has 1 amide bonds. The van der Waals surface area contributed by atoms with Gasteiger partial charge in [0.05, 0.1) is 0 Å². The SMILES string of the molecule is CN(C)CCN(C(=O)C1CC1c1ccccc1Cl)C1CCCC1. The van der Waals surface area contributed by atoms with E-state index < -0.39 is 0 Å². The molecule has 0 saturated heterocycles. The second kappa shape index (κ2) is 7.23. The highest BCUT2D eigenvalue weighted by atomic mass is 35.5. The number of halogens is 1. The molecule has 1 aromatic rings. The molecule has 2 fully saturated rings. The lowest BCUT2D eigenvalue weighted by Crippen LogP contribution is -2.43. The molecule has 0 heterocycles. The highest BCUT2D eigenvalue weighted by molar-refractivity contribution is 6.31. The number of hydrogen-bond donors (Lipinski definition) is 0. The molecule has 0 aromatic heterocycles. The van der Waals surface area contributed by atoms with E-state index in [4.69, 9.17) is 11.6 Å². The minimum absolute atomic E-state index is 0.137. The zero-order chi connectivity index (χ0) is 16.4. The van der Waals surface area contributed by atoms with Crippen molar-refractivity contribution in [3.05, 3.63) is 34.9 Å². The Morgan fingerprint density at radius 1 is 1.17 bits per heavy atom. The summed E-state index contributed by atoms with van der Waals surface area (Å²) >= 11 is 6.31. The normalized spacial score (nSPS) is 24.2. The number of carbonyl (C=O) groups excluding carboxylic acids is 1. The quantitative estimate of drug-likeness (QED) is 0.790. The Morgan fingerprint density at radius 2 is 1.87 bits per heavy atom. The molecule has 23 heavy (non-hydrogen) atoms. The van der Waals surface area contributed by atoms with Gasteiger partial charge in [-0.25, -0.2) is 0 Å². The molecule has 126 valence electrons. The number of rotatable bonds is 6. The summed E-state index contributed by atoms with van der Waals surface area (Å²) in [6.07, 6.45) is 5.81. The molecular weight excluding hydrogens is 308 g/mol. The van der Waals surface area contributed by atoms with E-state index in [0.29, 0.717) is 17.9 Å². The largest absolute Gasteiger partial charge is 0.338 e. The average molecular weight is 335 g/mol. The topological polar surface area (TPSA) is 23.6 Å². The van der Waals surface area contributed by atoms with E-state index in [1.165, 1.54) is 25.7 Å². The van der Waals surface area contributed by atoms with Gasteiger partial charge in [0.15, 0.2) is 0 Å². The van der Waals surface area contributed by atoms with E-state index >= 15 is 0 Å². The molecule has 0 spiro atoms. The predicted molar refractivity (Wildman–Crippen MR) is 94.8 cm³/mol. The fourth-order valence-corrected chi connectivity index (χ4v) is 4.07. The molecule has 0 N–H and O–H groups in total. The van der Waals surface area contributed by atoms with Crippen LogP contribution in [0.5, 0.6) is 0 Å². The second-order valence-electron chi connectivity index (χ2n) is 7.24. The second-order valence-corrected chi connectivity index (χ2v) is 7.65. The lowest BCUT2D eigenvalue weighted by Gasteiger charge is -2.30. The van der Waals surface area contributed by atoms with Crippen molar-refractivity contribution in [1.82, 2.24) is 9.80 Å². The number of carbonyl (C=O) groups is 1. The van der Waals surface area contributed by atoms with Gasteiger partial charge in [0.1, 0.15) is 0 Å². The number of amides is 1. The Bertz CT molecular complexity index is 554. The first-order chi connectivity index (χ1) is 11.1. The predicted octanol–water partition coefficient (Wildman–Crippen LogP) is 3.78. The summed E-state index contributed by atoms with van der Waals surface area (Å²) in [5.41, 5.74) is 1.14. The van der Waals surface area contributed by atoms with E-state index in [1.54, 1.807) is 0 Å². The van der Waals surface area contributed by atoms with Crippen molar-refractivity contribution in [3.63, 3.8) is 0 Å². The first-order valence-corrected chi connectivity index (χ1v) is 9.15. The fraction of sp³-hybridized carbons (Fsp3) is 0.632. The van der Waals surface area contributed by atoms with Crippen LogP contribution in [0.2, 0.25) is 5.02 Å². The van der Waals surface area contributed by atoms with Gasteiger partial charge in [-0.3, -0.25) is 4.79 Å². The third-order valence-electron chi connectivity index (χ3n) is 5.25. The molecule has 0 bridgehead atoms. The maximum atomic E-state index is 13.1. The molecule has 2 saturated carbocycles. The van der Waals surface area contributed by atoms with Gasteiger partial charge in [0, 0.05) is 30.1 Å². The first-order valence-electron chi connectivity index (χ1n) is 8.77. The van der Waals surface area contributed by atoms with Crippen molar-refractivity contribution in [1.29, 1.82) is 0 Å². The van der Waals surface area contributed by atoms with E-state index in [1.807, 2.05) is 18.2 Å². The van der Waals surface area contributed by atoms with Gasteiger partial charge in [-0.15, -0.1) is 0 Å². The maximum absolute atomic E-state index is 13.1. The minimum Gasteiger partial charge on any atom is -0.338 e. The summed E-state index contributed by atoms with van der Waals surface area (Å²) in [4.78, 5) is 17.4. The molecule has 3 nitrogen and oxygen atoms in total. The maximum Gasteiger partial charge on any atom is 0.226 e. The van der Waals surface area contributed by atoms with Crippen LogP contribution in [-0.4, -0.2) is 48.9 Å². The third-order valence-corrected chi connectivity index (χ3v) is 5.59. The molecule has 0 radical (unpaired) electrons. The van der Waals surface area contributed by atoms with Gasteiger partial charge >= 0.3 is 0 Å². The molecule has 2 atom stereocenters. The monoisotopic (exact) mass is 334 g/mol. The van der Waals surface area contributed by atoms with Crippen LogP contribution in [0.3, 0.4) is 0 Å². The summed E-state index contributed by atoms with van der Waals surface area (Å²) in [6, 6.07) is 8.42. The highest BCUT2D eigenvalue weighted by Crippen LogP contribution is 2.50. The van der Waals surface area contributed by atoms with Gasteiger partial charge in [0.25, 0.3) is 0 Å². The van der Waals surface area contributed by atoms with Crippen LogP contribution in [0.25, 0.3) is 0 Å². The van der Waals surface area contributed by atoms with Gasteiger partial charge in [0.2, 0.25) is 5.91 Å². The Balaban J connectivity index is 1.68. The summed E-state index contributed by atoms with van der Waals surface area (Å²) in [7, 11) is 4.14. The average Bonchev–Trinajstić information content (AvgIpc) is 3.13. The molecule has 2 unspecified atom stereocenters. The van der Waals surface area contributed by atoms with E-state index in [9.17, 15) is 4.79 Å². The van der Waals surface area contributed by atoms with Crippen molar-refractivity contribution < 1.29 is 4.79 Å². The van der Waals surface area contributed by atoms with Gasteiger partial charge < -0.3 is 9.80 Å². The van der Waals surface area contributed by atoms with Crippen LogP contribution < -0.4 is 0 Å². The number of nitrogens with zero attached hydrogens (tertiary/aromatic N) is 2. The van der Waals surface area contributed by atoms with Crippen LogP contribution in [0, 0.1) is 5.92 Å². The van der Waals surface area contributed by atoms with Crippen LogP contribution in [0.1, 0.15) is 43.6 Å². The highest BCUT2D eigenvalue weighted by Gasteiger charge is 2.47. The van der Waals surface area contributed by atoms with Crippen molar-refractivity contribution in [3.8, 4) is 0 Å². The summed E-state index contributed by atoms with van der Waals surface area (Å²) in [5, 5.41) is 0.800. The summed E-state index contributed by atoms with van der Waals surface area (Å²) in [6.45, 7) is 1.79. The zero-order valence-corrected chi connectivity index (χ0v) is 14.9. The van der Waals surface area contributed by atoms with Gasteiger partial charge in [-0.05, 0) is 50.9 Å². The number of likely N-dealkylation sites (N-methyl/N-ethyl adjacent to an activating group) is 1. The number of hydrogen-bond acceptors (Lipinski definition) is 2. The lowest BCUT2D eigenvalue weighted by atomic mass is 10.1. The van der Waals surface area contributed by atoms with Crippen LogP contribution in [0.15, 0.2) is 24.3 Å². The fourth-order valence-electron chi connectivity index (χ4n) is 3.80. The van der Waals surface area contributed by atoms with Gasteiger partial charge in [-0.1, -0.05) is 42.6 Å². The number of benzene rings is 1. The van der Waals surface area contributed by atoms with Crippen LogP contribution >= 0.6 is 11.6 Å². The molecule has 0 aliphatic heterocycles.